The average molecular weight is 237 g/mol. The third-order valence-corrected chi connectivity index (χ3v) is 3.23. The van der Waals surface area contributed by atoms with Crippen LogP contribution in [0.2, 0.25) is 0 Å². The molecule has 0 spiro atoms. The predicted octanol–water partition coefficient (Wildman–Crippen LogP) is 3.87. The number of anilines is 1. The molecule has 1 aromatic heterocycles. The number of nitrogens with two attached hydrogens (primary N) is 1. The second kappa shape index (κ2) is 6.67. The molecule has 0 radical (unpaired) electrons. The highest BCUT2D eigenvalue weighted by Crippen LogP contribution is 2.31. The number of nitrogen functional groups attached to an aromatic ring is 1. The van der Waals surface area contributed by atoms with Crippen LogP contribution in [0.5, 0.6) is 0 Å². The Labute approximate surface area is 105 Å². The Morgan fingerprint density at radius 3 is 2.24 bits per heavy atom. The molecule has 0 aromatic carbocycles. The number of aromatic amines is 1. The van der Waals surface area contributed by atoms with Gasteiger partial charge in [-0.15, -0.1) is 0 Å². The number of aromatic nitrogens is 2. The van der Waals surface area contributed by atoms with Crippen LogP contribution in [-0.2, 0) is 6.42 Å². The molecule has 98 valence electrons. The summed E-state index contributed by atoms with van der Waals surface area (Å²) in [6, 6.07) is 0. The van der Waals surface area contributed by atoms with E-state index in [1.54, 1.807) is 0 Å². The molecule has 0 bridgehead atoms. The van der Waals surface area contributed by atoms with Crippen LogP contribution in [0.4, 0.5) is 5.82 Å². The van der Waals surface area contributed by atoms with Gasteiger partial charge in [0.05, 0.1) is 0 Å². The van der Waals surface area contributed by atoms with E-state index in [9.17, 15) is 0 Å². The van der Waals surface area contributed by atoms with Gasteiger partial charge in [-0.05, 0) is 25.2 Å². The molecule has 0 aliphatic heterocycles. The zero-order valence-corrected chi connectivity index (χ0v) is 11.7. The monoisotopic (exact) mass is 237 g/mol. The third kappa shape index (κ3) is 3.76. The second-order valence-corrected chi connectivity index (χ2v) is 5.37. The van der Waals surface area contributed by atoms with Gasteiger partial charge in [0, 0.05) is 17.2 Å². The van der Waals surface area contributed by atoms with E-state index < -0.39 is 0 Å². The molecule has 1 heterocycles. The number of nitrogens with zero attached hydrogens (tertiary/aromatic N) is 1. The van der Waals surface area contributed by atoms with Crippen molar-refractivity contribution in [1.29, 1.82) is 0 Å². The van der Waals surface area contributed by atoms with Crippen LogP contribution in [-0.4, -0.2) is 10.2 Å². The van der Waals surface area contributed by atoms with Crippen LogP contribution in [0, 0.1) is 5.92 Å². The predicted molar refractivity (Wildman–Crippen MR) is 74.1 cm³/mol. The molecular weight excluding hydrogens is 210 g/mol. The van der Waals surface area contributed by atoms with Crippen molar-refractivity contribution in [3.8, 4) is 0 Å². The summed E-state index contributed by atoms with van der Waals surface area (Å²) >= 11 is 0. The minimum Gasteiger partial charge on any atom is -0.382 e. The van der Waals surface area contributed by atoms with Gasteiger partial charge in [0.1, 0.15) is 5.82 Å². The molecule has 0 amide bonds. The fourth-order valence-corrected chi connectivity index (χ4v) is 2.48. The van der Waals surface area contributed by atoms with Crippen LogP contribution in [0.25, 0.3) is 0 Å². The highest BCUT2D eigenvalue weighted by Gasteiger charge is 2.19. The molecule has 1 rings (SSSR count). The maximum absolute atomic E-state index is 5.98. The van der Waals surface area contributed by atoms with Crippen molar-refractivity contribution in [3.63, 3.8) is 0 Å². The molecule has 17 heavy (non-hydrogen) atoms. The van der Waals surface area contributed by atoms with E-state index in [2.05, 4.69) is 37.9 Å². The lowest BCUT2D eigenvalue weighted by atomic mass is 9.90. The lowest BCUT2D eigenvalue weighted by Gasteiger charge is -2.16. The molecule has 3 heteroatoms. The number of hydrogen-bond donors (Lipinski definition) is 2. The Morgan fingerprint density at radius 2 is 1.76 bits per heavy atom. The van der Waals surface area contributed by atoms with Gasteiger partial charge >= 0.3 is 0 Å². The zero-order chi connectivity index (χ0) is 12.8. The fourth-order valence-electron chi connectivity index (χ4n) is 2.48. The van der Waals surface area contributed by atoms with Crippen molar-refractivity contribution >= 4 is 5.82 Å². The standard InChI is InChI=1S/C14H27N3/c1-5-7-11(8-6-2)13-12(9-10(3)4)14(15)17-16-13/h10-11H,5-9H2,1-4H3,(H3,15,16,17). The maximum Gasteiger partial charge on any atom is 0.148 e. The molecule has 0 aliphatic rings. The molecule has 0 fully saturated rings. The summed E-state index contributed by atoms with van der Waals surface area (Å²) < 4.78 is 0. The van der Waals surface area contributed by atoms with Gasteiger partial charge in [-0.25, -0.2) is 0 Å². The third-order valence-electron chi connectivity index (χ3n) is 3.23. The molecule has 0 saturated heterocycles. The van der Waals surface area contributed by atoms with Crippen molar-refractivity contribution < 1.29 is 0 Å². The molecule has 0 aliphatic carbocycles. The minimum absolute atomic E-state index is 0.601. The second-order valence-electron chi connectivity index (χ2n) is 5.37. The zero-order valence-electron chi connectivity index (χ0n) is 11.7. The highest BCUT2D eigenvalue weighted by molar-refractivity contribution is 5.43. The van der Waals surface area contributed by atoms with Gasteiger partial charge in [0.15, 0.2) is 0 Å². The van der Waals surface area contributed by atoms with E-state index in [0.29, 0.717) is 17.7 Å². The summed E-state index contributed by atoms with van der Waals surface area (Å²) in [4.78, 5) is 0. The Bertz CT molecular complexity index is 322. The first-order chi connectivity index (χ1) is 8.10. The van der Waals surface area contributed by atoms with E-state index in [1.807, 2.05) is 0 Å². The number of hydrogen-bond acceptors (Lipinski definition) is 2. The molecule has 3 N–H and O–H groups in total. The Balaban J connectivity index is 2.92. The summed E-state index contributed by atoms with van der Waals surface area (Å²) in [6.07, 6.45) is 5.90. The van der Waals surface area contributed by atoms with E-state index >= 15 is 0 Å². The van der Waals surface area contributed by atoms with Crippen molar-refractivity contribution in [2.75, 3.05) is 5.73 Å². The van der Waals surface area contributed by atoms with Crippen LogP contribution >= 0.6 is 0 Å². The molecule has 0 atom stereocenters. The number of nitrogens with one attached hydrogen (secondary N) is 1. The molecule has 0 unspecified atom stereocenters. The van der Waals surface area contributed by atoms with E-state index in [0.717, 1.165) is 6.42 Å². The SMILES string of the molecule is CCCC(CCC)c1[nH]nc(N)c1CC(C)C. The van der Waals surface area contributed by atoms with Gasteiger partial charge in [0.2, 0.25) is 0 Å². The lowest BCUT2D eigenvalue weighted by Crippen LogP contribution is -2.06. The van der Waals surface area contributed by atoms with Crippen LogP contribution < -0.4 is 5.73 Å². The van der Waals surface area contributed by atoms with Crippen LogP contribution in [0.1, 0.15) is 70.6 Å². The molecular formula is C14H27N3. The van der Waals surface area contributed by atoms with Gasteiger partial charge in [-0.1, -0.05) is 40.5 Å². The smallest absolute Gasteiger partial charge is 0.148 e. The summed E-state index contributed by atoms with van der Waals surface area (Å²) in [5.41, 5.74) is 8.53. The first kappa shape index (κ1) is 14.1. The maximum atomic E-state index is 5.98. The molecule has 3 nitrogen and oxygen atoms in total. The normalized spacial score (nSPS) is 11.6. The van der Waals surface area contributed by atoms with Gasteiger partial charge in [-0.3, -0.25) is 5.10 Å². The highest BCUT2D eigenvalue weighted by atomic mass is 15.2. The topological polar surface area (TPSA) is 54.7 Å². The van der Waals surface area contributed by atoms with Crippen molar-refractivity contribution in [3.05, 3.63) is 11.3 Å². The largest absolute Gasteiger partial charge is 0.382 e. The van der Waals surface area contributed by atoms with Crippen LogP contribution in [0.3, 0.4) is 0 Å². The minimum atomic E-state index is 0.601. The molecule has 0 saturated carbocycles. The summed E-state index contributed by atoms with van der Waals surface area (Å²) in [7, 11) is 0. The summed E-state index contributed by atoms with van der Waals surface area (Å²) in [6.45, 7) is 8.94. The van der Waals surface area contributed by atoms with E-state index in [4.69, 9.17) is 5.73 Å². The fraction of sp³-hybridized carbons (Fsp3) is 0.786. The van der Waals surface area contributed by atoms with Crippen molar-refractivity contribution in [1.82, 2.24) is 10.2 Å². The van der Waals surface area contributed by atoms with Gasteiger partial charge in [0.25, 0.3) is 0 Å². The Hall–Kier alpha value is -0.990. The Morgan fingerprint density at radius 1 is 1.18 bits per heavy atom. The number of H-pyrrole nitrogens is 1. The summed E-state index contributed by atoms with van der Waals surface area (Å²) in [5.74, 6) is 1.92. The van der Waals surface area contributed by atoms with Crippen molar-refractivity contribution in [2.45, 2.75) is 65.7 Å². The lowest BCUT2D eigenvalue weighted by molar-refractivity contribution is 0.537. The quantitative estimate of drug-likeness (QED) is 0.756. The number of rotatable bonds is 7. The first-order valence-corrected chi connectivity index (χ1v) is 6.92. The first-order valence-electron chi connectivity index (χ1n) is 6.92. The van der Waals surface area contributed by atoms with E-state index in [-0.39, 0.29) is 0 Å². The van der Waals surface area contributed by atoms with E-state index in [1.165, 1.54) is 36.9 Å². The van der Waals surface area contributed by atoms with Gasteiger partial charge in [-0.2, -0.15) is 5.10 Å². The van der Waals surface area contributed by atoms with Gasteiger partial charge < -0.3 is 5.73 Å². The Kier molecular flexibility index (Phi) is 5.52. The average Bonchev–Trinajstić information content (AvgIpc) is 2.60. The summed E-state index contributed by atoms with van der Waals surface area (Å²) in [5, 5.41) is 7.38. The molecule has 1 aromatic rings. The van der Waals surface area contributed by atoms with Crippen LogP contribution in [0.15, 0.2) is 0 Å². The van der Waals surface area contributed by atoms with Crippen molar-refractivity contribution in [2.24, 2.45) is 5.92 Å².